The molecule has 0 bridgehead atoms. The van der Waals surface area contributed by atoms with E-state index in [1.54, 1.807) is 0 Å². The summed E-state index contributed by atoms with van der Waals surface area (Å²) in [6.45, 7) is 6.16. The van der Waals surface area contributed by atoms with Crippen LogP contribution < -0.4 is 5.32 Å². The van der Waals surface area contributed by atoms with Crippen molar-refractivity contribution in [2.45, 2.75) is 26.6 Å². The van der Waals surface area contributed by atoms with E-state index in [4.69, 9.17) is 0 Å². The van der Waals surface area contributed by atoms with Crippen molar-refractivity contribution < 1.29 is 0 Å². The van der Waals surface area contributed by atoms with E-state index in [0.717, 1.165) is 26.2 Å². The number of aryl methyl sites for hydroxylation is 1. The van der Waals surface area contributed by atoms with Gasteiger partial charge in [-0.1, -0.05) is 18.2 Å². The molecule has 3 rings (SSSR count). The number of fused-ring (bicyclic) bond motifs is 1. The lowest BCUT2D eigenvalue weighted by atomic mass is 10.2. The van der Waals surface area contributed by atoms with Crippen LogP contribution in [0.5, 0.6) is 0 Å². The second-order valence-corrected chi connectivity index (χ2v) is 7.33. The van der Waals surface area contributed by atoms with Crippen LogP contribution in [0, 0.1) is 6.92 Å². The molecule has 2 heterocycles. The minimum atomic E-state index is 0.955. The van der Waals surface area contributed by atoms with Crippen molar-refractivity contribution in [2.24, 2.45) is 0 Å². The predicted octanol–water partition coefficient (Wildman–Crippen LogP) is 3.86. The van der Waals surface area contributed by atoms with Gasteiger partial charge in [-0.25, -0.2) is 0 Å². The van der Waals surface area contributed by atoms with Crippen molar-refractivity contribution in [3.05, 3.63) is 57.9 Å². The van der Waals surface area contributed by atoms with Gasteiger partial charge >= 0.3 is 0 Å². The van der Waals surface area contributed by atoms with Gasteiger partial charge in [0.15, 0.2) is 0 Å². The third-order valence-electron chi connectivity index (χ3n) is 4.04. The smallest absolute Gasteiger partial charge is 0.0482 e. The number of thiophene rings is 1. The minimum Gasteiger partial charge on any atom is -0.344 e. The molecule has 1 aromatic carbocycles. The second-order valence-electron chi connectivity index (χ2n) is 6.33. The standard InChI is InChI=1S/C19H25N3S/c1-15-10-17-6-4-5-7-19(17)22(15)9-8-20-12-18-11-16(14-23-18)13-21(2)3/h4-7,10-11,14,20H,8-9,12-13H2,1-3H3. The van der Waals surface area contributed by atoms with Gasteiger partial charge in [0.1, 0.15) is 0 Å². The number of hydrogen-bond donors (Lipinski definition) is 1. The van der Waals surface area contributed by atoms with E-state index in [1.807, 2.05) is 11.3 Å². The normalized spacial score (nSPS) is 11.7. The van der Waals surface area contributed by atoms with Crippen LogP contribution in [0.4, 0.5) is 0 Å². The molecule has 3 aromatic rings. The maximum Gasteiger partial charge on any atom is 0.0482 e. The number of hydrogen-bond acceptors (Lipinski definition) is 3. The largest absolute Gasteiger partial charge is 0.344 e. The summed E-state index contributed by atoms with van der Waals surface area (Å²) in [6.07, 6.45) is 0. The summed E-state index contributed by atoms with van der Waals surface area (Å²) < 4.78 is 2.40. The summed E-state index contributed by atoms with van der Waals surface area (Å²) in [4.78, 5) is 3.62. The highest BCUT2D eigenvalue weighted by molar-refractivity contribution is 7.10. The highest BCUT2D eigenvalue weighted by Gasteiger charge is 2.05. The number of nitrogens with one attached hydrogen (secondary N) is 1. The molecule has 0 radical (unpaired) electrons. The van der Waals surface area contributed by atoms with E-state index in [9.17, 15) is 0 Å². The summed E-state index contributed by atoms with van der Waals surface area (Å²) in [5.41, 5.74) is 4.07. The summed E-state index contributed by atoms with van der Waals surface area (Å²) in [6, 6.07) is 13.2. The Morgan fingerprint density at radius 2 is 2.00 bits per heavy atom. The van der Waals surface area contributed by atoms with E-state index in [-0.39, 0.29) is 0 Å². The van der Waals surface area contributed by atoms with Gasteiger partial charge in [0.05, 0.1) is 0 Å². The number of nitrogens with zero attached hydrogens (tertiary/aromatic N) is 2. The van der Waals surface area contributed by atoms with Crippen molar-refractivity contribution in [3.63, 3.8) is 0 Å². The van der Waals surface area contributed by atoms with E-state index in [2.05, 4.69) is 77.6 Å². The van der Waals surface area contributed by atoms with E-state index < -0.39 is 0 Å². The van der Waals surface area contributed by atoms with E-state index >= 15 is 0 Å². The fourth-order valence-corrected chi connectivity index (χ4v) is 3.86. The molecule has 3 nitrogen and oxygen atoms in total. The molecule has 0 unspecified atom stereocenters. The molecule has 0 aliphatic heterocycles. The molecule has 0 fully saturated rings. The van der Waals surface area contributed by atoms with Gasteiger partial charge in [-0.05, 0) is 55.5 Å². The molecule has 122 valence electrons. The third-order valence-corrected chi connectivity index (χ3v) is 5.02. The molecule has 0 atom stereocenters. The van der Waals surface area contributed by atoms with Crippen LogP contribution in [0.2, 0.25) is 0 Å². The molecule has 0 saturated heterocycles. The lowest BCUT2D eigenvalue weighted by Gasteiger charge is -2.09. The average molecular weight is 327 g/mol. The third kappa shape index (κ3) is 4.02. The minimum absolute atomic E-state index is 0.955. The Balaban J connectivity index is 1.53. The van der Waals surface area contributed by atoms with Gasteiger partial charge in [0.2, 0.25) is 0 Å². The lowest BCUT2D eigenvalue weighted by Crippen LogP contribution is -2.19. The van der Waals surface area contributed by atoms with Crippen LogP contribution in [-0.4, -0.2) is 30.1 Å². The molecule has 1 N–H and O–H groups in total. The monoisotopic (exact) mass is 327 g/mol. The second kappa shape index (κ2) is 7.30. The van der Waals surface area contributed by atoms with Crippen molar-refractivity contribution in [1.82, 2.24) is 14.8 Å². The first-order valence-electron chi connectivity index (χ1n) is 8.10. The van der Waals surface area contributed by atoms with Gasteiger partial charge in [0.25, 0.3) is 0 Å². The first kappa shape index (κ1) is 16.2. The zero-order chi connectivity index (χ0) is 16.2. The van der Waals surface area contributed by atoms with Crippen LogP contribution in [0.25, 0.3) is 10.9 Å². The van der Waals surface area contributed by atoms with Crippen LogP contribution in [0.15, 0.2) is 41.8 Å². The molecule has 2 aromatic heterocycles. The molecule has 4 heteroatoms. The SMILES string of the molecule is Cc1cc2ccccc2n1CCNCc1cc(CN(C)C)cs1. The van der Waals surface area contributed by atoms with Gasteiger partial charge in [-0.2, -0.15) is 0 Å². The Kier molecular flexibility index (Phi) is 5.16. The maximum absolute atomic E-state index is 3.57. The van der Waals surface area contributed by atoms with Crippen LogP contribution in [-0.2, 0) is 19.6 Å². The number of aromatic nitrogens is 1. The molecule has 0 spiro atoms. The molecule has 23 heavy (non-hydrogen) atoms. The average Bonchev–Trinajstić information content (AvgIpc) is 3.07. The van der Waals surface area contributed by atoms with Crippen molar-refractivity contribution in [3.8, 4) is 0 Å². The first-order valence-corrected chi connectivity index (χ1v) is 8.98. The Hall–Kier alpha value is -1.62. The topological polar surface area (TPSA) is 20.2 Å². The summed E-state index contributed by atoms with van der Waals surface area (Å²) in [5, 5.41) is 7.17. The number of para-hydroxylation sites is 1. The zero-order valence-electron chi connectivity index (χ0n) is 14.2. The van der Waals surface area contributed by atoms with Crippen LogP contribution >= 0.6 is 11.3 Å². The predicted molar refractivity (Wildman–Crippen MR) is 100 cm³/mol. The Bertz CT molecular complexity index is 770. The highest BCUT2D eigenvalue weighted by atomic mass is 32.1. The first-order chi connectivity index (χ1) is 11.1. The Labute approximate surface area is 142 Å². The Morgan fingerprint density at radius 3 is 2.83 bits per heavy atom. The molecule has 0 saturated carbocycles. The molecule has 0 aliphatic rings. The van der Waals surface area contributed by atoms with Gasteiger partial charge in [-0.15, -0.1) is 11.3 Å². The summed E-state index contributed by atoms with van der Waals surface area (Å²) in [7, 11) is 4.22. The quantitative estimate of drug-likeness (QED) is 0.665. The summed E-state index contributed by atoms with van der Waals surface area (Å²) in [5.74, 6) is 0. The Morgan fingerprint density at radius 1 is 1.17 bits per heavy atom. The lowest BCUT2D eigenvalue weighted by molar-refractivity contribution is 0.403. The van der Waals surface area contributed by atoms with E-state index in [0.29, 0.717) is 0 Å². The summed E-state index contributed by atoms with van der Waals surface area (Å²) >= 11 is 1.85. The maximum atomic E-state index is 3.57. The molecular formula is C19H25N3S. The molecule has 0 aliphatic carbocycles. The van der Waals surface area contributed by atoms with E-state index in [1.165, 1.54) is 27.0 Å². The highest BCUT2D eigenvalue weighted by Crippen LogP contribution is 2.19. The van der Waals surface area contributed by atoms with Gasteiger partial charge in [0, 0.05) is 42.3 Å². The van der Waals surface area contributed by atoms with Crippen molar-refractivity contribution in [2.75, 3.05) is 20.6 Å². The van der Waals surface area contributed by atoms with Crippen LogP contribution in [0.1, 0.15) is 16.1 Å². The molecule has 0 amide bonds. The van der Waals surface area contributed by atoms with Gasteiger partial charge in [-0.3, -0.25) is 0 Å². The van der Waals surface area contributed by atoms with Crippen molar-refractivity contribution >= 4 is 22.2 Å². The number of benzene rings is 1. The molecular weight excluding hydrogens is 302 g/mol. The van der Waals surface area contributed by atoms with Gasteiger partial charge < -0.3 is 14.8 Å². The fourth-order valence-electron chi connectivity index (χ4n) is 3.01. The number of rotatable bonds is 7. The van der Waals surface area contributed by atoms with Crippen molar-refractivity contribution in [1.29, 1.82) is 0 Å². The fraction of sp³-hybridized carbons (Fsp3) is 0.368. The van der Waals surface area contributed by atoms with Crippen LogP contribution in [0.3, 0.4) is 0 Å². The zero-order valence-corrected chi connectivity index (χ0v) is 15.0.